The number of fused-ring (bicyclic) bond motifs is 1. The van der Waals surface area contributed by atoms with E-state index in [2.05, 4.69) is 11.6 Å². The van der Waals surface area contributed by atoms with E-state index in [1.165, 1.54) is 16.8 Å². The van der Waals surface area contributed by atoms with Crippen LogP contribution in [0, 0.1) is 0 Å². The van der Waals surface area contributed by atoms with Gasteiger partial charge < -0.3 is 14.2 Å². The summed E-state index contributed by atoms with van der Waals surface area (Å²) in [5.74, 6) is 0. The van der Waals surface area contributed by atoms with Crippen molar-refractivity contribution in [2.24, 2.45) is 0 Å². The smallest absolute Gasteiger partial charge is 0.330 e. The summed E-state index contributed by atoms with van der Waals surface area (Å²) < 4.78 is 17.9. The fourth-order valence-corrected chi connectivity index (χ4v) is 2.78. The van der Waals surface area contributed by atoms with Crippen LogP contribution in [-0.2, 0) is 14.2 Å². The number of ether oxygens (including phenoxy) is 3. The molecule has 0 radical (unpaired) electrons. The molecule has 3 fully saturated rings. The van der Waals surface area contributed by atoms with Crippen LogP contribution in [0.3, 0.4) is 0 Å². The van der Waals surface area contributed by atoms with Crippen LogP contribution < -0.4 is 11.2 Å². The van der Waals surface area contributed by atoms with Crippen molar-refractivity contribution in [1.29, 1.82) is 0 Å². The maximum Gasteiger partial charge on any atom is 0.330 e. The molecule has 4 rings (SSSR count). The average molecular weight is 250 g/mol. The van der Waals surface area contributed by atoms with E-state index in [0.29, 0.717) is 5.57 Å². The molecule has 7 nitrogen and oxygen atoms in total. The Balaban J connectivity index is 1.74. The normalized spacial score (nSPS) is 40.7. The van der Waals surface area contributed by atoms with E-state index >= 15 is 0 Å². The molecular weight excluding hydrogens is 240 g/mol. The predicted octanol–water partition coefficient (Wildman–Crippen LogP) is -0.885. The van der Waals surface area contributed by atoms with E-state index in [1.807, 2.05) is 0 Å². The van der Waals surface area contributed by atoms with Gasteiger partial charge >= 0.3 is 5.69 Å². The molecule has 2 saturated heterocycles. The Morgan fingerprint density at radius 1 is 1.44 bits per heavy atom. The highest BCUT2D eigenvalue weighted by molar-refractivity contribution is 5.42. The van der Waals surface area contributed by atoms with Gasteiger partial charge in [0.25, 0.3) is 5.56 Å². The molecule has 18 heavy (non-hydrogen) atoms. The van der Waals surface area contributed by atoms with E-state index in [-0.39, 0.29) is 19.0 Å². The summed E-state index contributed by atoms with van der Waals surface area (Å²) in [7, 11) is 0. The van der Waals surface area contributed by atoms with Gasteiger partial charge in [0.2, 0.25) is 0 Å². The summed E-state index contributed by atoms with van der Waals surface area (Å²) in [5, 5.41) is 0. The van der Waals surface area contributed by atoms with Gasteiger partial charge in [0.15, 0.2) is 11.8 Å². The number of aromatic nitrogens is 2. The zero-order valence-corrected chi connectivity index (χ0v) is 9.29. The van der Waals surface area contributed by atoms with Gasteiger partial charge in [0, 0.05) is 17.8 Å². The second kappa shape index (κ2) is 3.00. The Morgan fingerprint density at radius 3 is 3.00 bits per heavy atom. The molecule has 94 valence electrons. The number of hydrogen-bond acceptors (Lipinski definition) is 5. The van der Waals surface area contributed by atoms with Gasteiger partial charge in [-0.1, -0.05) is 6.58 Å². The summed E-state index contributed by atoms with van der Waals surface area (Å²) in [4.78, 5) is 24.9. The first-order valence-corrected chi connectivity index (χ1v) is 5.56. The molecule has 4 atom stereocenters. The molecule has 7 heteroatoms. The van der Waals surface area contributed by atoms with Crippen LogP contribution in [0.25, 0.3) is 0 Å². The lowest BCUT2D eigenvalue weighted by molar-refractivity contribution is -0.0647. The molecule has 3 heterocycles. The second-order valence-electron chi connectivity index (χ2n) is 4.59. The van der Waals surface area contributed by atoms with Crippen molar-refractivity contribution in [2.45, 2.75) is 24.0 Å². The zero-order valence-electron chi connectivity index (χ0n) is 9.29. The number of rotatable bonds is 1. The van der Waals surface area contributed by atoms with E-state index in [1.54, 1.807) is 0 Å². The number of aromatic amines is 1. The summed E-state index contributed by atoms with van der Waals surface area (Å²) in [6.45, 7) is 4.17. The first-order valence-electron chi connectivity index (χ1n) is 5.56. The Labute approximate surface area is 101 Å². The van der Waals surface area contributed by atoms with Crippen LogP contribution >= 0.6 is 0 Å². The van der Waals surface area contributed by atoms with Crippen LogP contribution in [0.4, 0.5) is 0 Å². The van der Waals surface area contributed by atoms with Gasteiger partial charge in [-0.2, -0.15) is 0 Å². The first-order chi connectivity index (χ1) is 8.64. The highest BCUT2D eigenvalue weighted by Gasteiger charge is 2.79. The van der Waals surface area contributed by atoms with Gasteiger partial charge in [-0.05, 0) is 0 Å². The Kier molecular flexibility index (Phi) is 1.71. The lowest BCUT2D eigenvalue weighted by Crippen LogP contribution is -2.33. The Bertz CT molecular complexity index is 662. The van der Waals surface area contributed by atoms with Crippen LogP contribution in [0.2, 0.25) is 0 Å². The summed E-state index contributed by atoms with van der Waals surface area (Å²) in [5.41, 5.74) is -0.910. The van der Waals surface area contributed by atoms with Crippen LogP contribution in [-0.4, -0.2) is 34.2 Å². The van der Waals surface area contributed by atoms with Crippen molar-refractivity contribution in [3.8, 4) is 0 Å². The minimum Gasteiger partial charge on any atom is -0.346 e. The van der Waals surface area contributed by atoms with Crippen molar-refractivity contribution in [1.82, 2.24) is 9.55 Å². The summed E-state index contributed by atoms with van der Waals surface area (Å²) in [6, 6.07) is 1.27. The topological polar surface area (TPSA) is 82.6 Å². The third kappa shape index (κ3) is 1.000. The van der Waals surface area contributed by atoms with E-state index < -0.39 is 23.1 Å². The minimum absolute atomic E-state index is 0.111. The largest absolute Gasteiger partial charge is 0.346 e. The molecule has 2 aliphatic heterocycles. The van der Waals surface area contributed by atoms with E-state index in [9.17, 15) is 9.59 Å². The van der Waals surface area contributed by atoms with Gasteiger partial charge in [0.1, 0.15) is 19.0 Å². The molecule has 0 aromatic carbocycles. The Hall–Kier alpha value is -1.70. The van der Waals surface area contributed by atoms with Crippen LogP contribution in [0.1, 0.15) is 6.23 Å². The number of H-pyrrole nitrogens is 1. The van der Waals surface area contributed by atoms with Gasteiger partial charge in [-0.3, -0.25) is 14.3 Å². The van der Waals surface area contributed by atoms with Gasteiger partial charge in [0.05, 0.1) is 0 Å². The fraction of sp³-hybridized carbons (Fsp3) is 0.455. The summed E-state index contributed by atoms with van der Waals surface area (Å²) in [6.07, 6.45) is 0.461. The highest BCUT2D eigenvalue weighted by atomic mass is 16.8. The van der Waals surface area contributed by atoms with E-state index in [4.69, 9.17) is 14.2 Å². The predicted molar refractivity (Wildman–Crippen MR) is 57.9 cm³/mol. The van der Waals surface area contributed by atoms with Gasteiger partial charge in [-0.15, -0.1) is 0 Å². The maximum absolute atomic E-state index is 11.7. The third-order valence-electron chi connectivity index (χ3n) is 3.74. The third-order valence-corrected chi connectivity index (χ3v) is 3.74. The highest BCUT2D eigenvalue weighted by Crippen LogP contribution is 2.62. The van der Waals surface area contributed by atoms with Crippen molar-refractivity contribution in [3.63, 3.8) is 0 Å². The average Bonchev–Trinajstić information content (AvgIpc) is 2.69. The second-order valence-corrected chi connectivity index (χ2v) is 4.59. The molecule has 1 aliphatic carbocycles. The maximum atomic E-state index is 11.7. The molecule has 1 N–H and O–H groups in total. The zero-order chi connectivity index (χ0) is 12.5. The van der Waals surface area contributed by atoms with E-state index in [0.717, 1.165) is 0 Å². The van der Waals surface area contributed by atoms with Gasteiger partial charge in [-0.25, -0.2) is 4.79 Å². The molecule has 1 spiro atoms. The quantitative estimate of drug-likeness (QED) is 0.654. The molecule has 0 amide bonds. The molecule has 0 bridgehead atoms. The molecular formula is C11H10N2O5. The SMILES string of the molecule is C=C1C(n2ccc(=O)[nH]c2=O)OC2C3OCOC132. The number of hydrogen-bond donors (Lipinski definition) is 1. The first kappa shape index (κ1) is 10.2. The molecule has 1 aromatic rings. The number of nitrogens with zero attached hydrogens (tertiary/aromatic N) is 1. The lowest BCUT2D eigenvalue weighted by atomic mass is 10.1. The molecule has 3 aliphatic rings. The van der Waals surface area contributed by atoms with Crippen molar-refractivity contribution in [2.75, 3.05) is 6.79 Å². The molecule has 1 aromatic heterocycles. The van der Waals surface area contributed by atoms with Crippen molar-refractivity contribution in [3.05, 3.63) is 45.3 Å². The standard InChI is InChI=1S/C11H10N2O5/c1-5-9(13-3-2-6(14)12-10(13)15)18-8-7-11(5,8)17-4-16-7/h2-3,7-9H,1,4H2,(H,12,14,15). The number of nitrogens with one attached hydrogen (secondary N) is 1. The minimum atomic E-state index is -0.614. The Morgan fingerprint density at radius 2 is 2.28 bits per heavy atom. The fourth-order valence-electron chi connectivity index (χ4n) is 2.78. The monoisotopic (exact) mass is 250 g/mol. The van der Waals surface area contributed by atoms with Crippen LogP contribution in [0.15, 0.2) is 34.0 Å². The van der Waals surface area contributed by atoms with Crippen LogP contribution in [0.5, 0.6) is 0 Å². The van der Waals surface area contributed by atoms with Crippen molar-refractivity contribution < 1.29 is 14.2 Å². The summed E-state index contributed by atoms with van der Waals surface area (Å²) >= 11 is 0. The molecule has 4 unspecified atom stereocenters. The van der Waals surface area contributed by atoms with Crippen molar-refractivity contribution >= 4 is 0 Å². The molecule has 1 saturated carbocycles. The lowest BCUT2D eigenvalue weighted by Gasteiger charge is -2.18.